The molecule has 0 spiro atoms. The fraction of sp³-hybridized carbons (Fsp3) is 0.280. The van der Waals surface area contributed by atoms with Crippen molar-refractivity contribution < 1.29 is 13.9 Å². The van der Waals surface area contributed by atoms with Gasteiger partial charge in [0.2, 0.25) is 5.91 Å². The van der Waals surface area contributed by atoms with Crippen LogP contribution in [-0.2, 0) is 17.9 Å². The van der Waals surface area contributed by atoms with Gasteiger partial charge in [-0.05, 0) is 50.9 Å². The standard InChI is InChI=1S/C25H28FN3O2S/c1-19-27-23(18-32-19)17-31-24-7-5-4-6-21(24)10-13-25(30)29(15-14-28(2)3)16-20-8-11-22(26)12-9-20/h4-13,18H,14-17H2,1-3H3/b13-10+. The van der Waals surface area contributed by atoms with Crippen molar-refractivity contribution in [2.24, 2.45) is 0 Å². The molecule has 168 valence electrons. The fourth-order valence-corrected chi connectivity index (χ4v) is 3.64. The number of amides is 1. The predicted octanol–water partition coefficient (Wildman–Crippen LogP) is 4.77. The van der Waals surface area contributed by atoms with E-state index in [-0.39, 0.29) is 11.7 Å². The smallest absolute Gasteiger partial charge is 0.246 e. The van der Waals surface area contributed by atoms with Gasteiger partial charge in [0, 0.05) is 36.7 Å². The summed E-state index contributed by atoms with van der Waals surface area (Å²) in [5.41, 5.74) is 2.59. The molecule has 0 bridgehead atoms. The number of carbonyl (C=O) groups is 1. The molecule has 5 nitrogen and oxygen atoms in total. The number of aryl methyl sites for hydroxylation is 1. The number of aromatic nitrogens is 1. The number of hydrogen-bond donors (Lipinski definition) is 0. The minimum absolute atomic E-state index is 0.110. The summed E-state index contributed by atoms with van der Waals surface area (Å²) in [6.45, 7) is 4.05. The molecule has 0 aliphatic carbocycles. The minimum atomic E-state index is -0.288. The lowest BCUT2D eigenvalue weighted by molar-refractivity contribution is -0.126. The second-order valence-corrected chi connectivity index (χ2v) is 8.77. The minimum Gasteiger partial charge on any atom is -0.487 e. The van der Waals surface area contributed by atoms with E-state index in [1.54, 1.807) is 40.5 Å². The second kappa shape index (κ2) is 11.5. The molecule has 0 saturated carbocycles. The van der Waals surface area contributed by atoms with Crippen LogP contribution in [0, 0.1) is 12.7 Å². The molecule has 0 fully saturated rings. The zero-order valence-corrected chi connectivity index (χ0v) is 19.4. The molecular weight excluding hydrogens is 425 g/mol. The first-order chi connectivity index (χ1) is 15.4. The average molecular weight is 454 g/mol. The Kier molecular flexibility index (Phi) is 8.53. The number of ether oxygens (including phenoxy) is 1. The van der Waals surface area contributed by atoms with Gasteiger partial charge >= 0.3 is 0 Å². The van der Waals surface area contributed by atoms with Crippen LogP contribution < -0.4 is 4.74 Å². The zero-order valence-electron chi connectivity index (χ0n) is 18.6. The summed E-state index contributed by atoms with van der Waals surface area (Å²) < 4.78 is 19.2. The third-order valence-electron chi connectivity index (χ3n) is 4.78. The van der Waals surface area contributed by atoms with Crippen LogP contribution in [-0.4, -0.2) is 47.9 Å². The molecule has 0 aliphatic heterocycles. The molecule has 0 unspecified atom stereocenters. The first-order valence-electron chi connectivity index (χ1n) is 10.4. The highest BCUT2D eigenvalue weighted by Gasteiger charge is 2.12. The van der Waals surface area contributed by atoms with E-state index < -0.39 is 0 Å². The quantitative estimate of drug-likeness (QED) is 0.415. The van der Waals surface area contributed by atoms with Gasteiger partial charge in [0.25, 0.3) is 0 Å². The van der Waals surface area contributed by atoms with Crippen molar-refractivity contribution in [3.63, 3.8) is 0 Å². The number of hydrogen-bond acceptors (Lipinski definition) is 5. The number of para-hydroxylation sites is 1. The Morgan fingerprint density at radius 1 is 1.12 bits per heavy atom. The molecule has 0 aliphatic rings. The Hall–Kier alpha value is -3.03. The molecular formula is C25H28FN3O2S. The van der Waals surface area contributed by atoms with Crippen LogP contribution in [0.2, 0.25) is 0 Å². The predicted molar refractivity (Wildman–Crippen MR) is 127 cm³/mol. The Labute approximate surface area is 192 Å². The summed E-state index contributed by atoms with van der Waals surface area (Å²) >= 11 is 1.59. The fourth-order valence-electron chi connectivity index (χ4n) is 3.04. The average Bonchev–Trinajstić information content (AvgIpc) is 3.20. The van der Waals surface area contributed by atoms with Crippen LogP contribution in [0.5, 0.6) is 5.75 Å². The maximum Gasteiger partial charge on any atom is 0.246 e. The number of halogens is 1. The maximum absolute atomic E-state index is 13.2. The summed E-state index contributed by atoms with van der Waals surface area (Å²) in [6.07, 6.45) is 3.34. The first kappa shape index (κ1) is 23.6. The number of benzene rings is 2. The number of rotatable bonds is 10. The van der Waals surface area contributed by atoms with E-state index in [4.69, 9.17) is 4.74 Å². The van der Waals surface area contributed by atoms with Crippen LogP contribution >= 0.6 is 11.3 Å². The second-order valence-electron chi connectivity index (χ2n) is 7.71. The van der Waals surface area contributed by atoms with Gasteiger partial charge in [0.05, 0.1) is 10.7 Å². The van der Waals surface area contributed by atoms with E-state index in [0.717, 1.165) is 28.4 Å². The molecule has 1 heterocycles. The lowest BCUT2D eigenvalue weighted by atomic mass is 10.1. The van der Waals surface area contributed by atoms with Crippen molar-refractivity contribution in [1.29, 1.82) is 0 Å². The highest BCUT2D eigenvalue weighted by atomic mass is 32.1. The molecule has 2 aromatic carbocycles. The molecule has 0 radical (unpaired) electrons. The van der Waals surface area contributed by atoms with E-state index in [1.165, 1.54) is 12.1 Å². The Balaban J connectivity index is 1.70. The van der Waals surface area contributed by atoms with Gasteiger partial charge in [0.15, 0.2) is 0 Å². The first-order valence-corrected chi connectivity index (χ1v) is 11.3. The molecule has 0 N–H and O–H groups in total. The lowest BCUT2D eigenvalue weighted by Gasteiger charge is -2.23. The van der Waals surface area contributed by atoms with E-state index in [9.17, 15) is 9.18 Å². The van der Waals surface area contributed by atoms with Crippen molar-refractivity contribution in [1.82, 2.24) is 14.8 Å². The normalized spacial score (nSPS) is 11.3. The monoisotopic (exact) mass is 453 g/mol. The molecule has 7 heteroatoms. The third kappa shape index (κ3) is 7.28. The van der Waals surface area contributed by atoms with E-state index in [0.29, 0.717) is 25.4 Å². The molecule has 3 rings (SSSR count). The number of likely N-dealkylation sites (N-methyl/N-ethyl adjacent to an activating group) is 1. The van der Waals surface area contributed by atoms with Gasteiger partial charge in [-0.15, -0.1) is 11.3 Å². The molecule has 0 atom stereocenters. The number of nitrogens with zero attached hydrogens (tertiary/aromatic N) is 3. The molecule has 3 aromatic rings. The van der Waals surface area contributed by atoms with Gasteiger partial charge in [-0.25, -0.2) is 9.37 Å². The number of carbonyl (C=O) groups excluding carboxylic acids is 1. The topological polar surface area (TPSA) is 45.7 Å². The van der Waals surface area contributed by atoms with Crippen LogP contribution in [0.15, 0.2) is 60.0 Å². The molecule has 0 saturated heterocycles. The summed E-state index contributed by atoms with van der Waals surface area (Å²) in [4.78, 5) is 21.2. The van der Waals surface area contributed by atoms with Gasteiger partial charge in [-0.1, -0.05) is 30.3 Å². The van der Waals surface area contributed by atoms with Crippen LogP contribution in [0.3, 0.4) is 0 Å². The van der Waals surface area contributed by atoms with Crippen molar-refractivity contribution in [3.8, 4) is 5.75 Å². The summed E-state index contributed by atoms with van der Waals surface area (Å²) in [7, 11) is 3.93. The largest absolute Gasteiger partial charge is 0.487 e. The Bertz CT molecular complexity index is 1050. The maximum atomic E-state index is 13.2. The van der Waals surface area contributed by atoms with Crippen molar-refractivity contribution in [3.05, 3.63) is 87.6 Å². The SMILES string of the molecule is Cc1nc(COc2ccccc2/C=C/C(=O)N(CCN(C)C)Cc2ccc(F)cc2)cs1. The summed E-state index contributed by atoms with van der Waals surface area (Å²) in [5.74, 6) is 0.297. The molecule has 1 amide bonds. The van der Waals surface area contributed by atoms with E-state index >= 15 is 0 Å². The van der Waals surface area contributed by atoms with Crippen LogP contribution in [0.4, 0.5) is 4.39 Å². The highest BCUT2D eigenvalue weighted by Crippen LogP contribution is 2.21. The van der Waals surface area contributed by atoms with Gasteiger partial charge < -0.3 is 14.5 Å². The van der Waals surface area contributed by atoms with Crippen LogP contribution in [0.1, 0.15) is 21.8 Å². The van der Waals surface area contributed by atoms with Gasteiger partial charge in [-0.2, -0.15) is 0 Å². The van der Waals surface area contributed by atoms with E-state index in [2.05, 4.69) is 4.98 Å². The van der Waals surface area contributed by atoms with Crippen molar-refractivity contribution >= 4 is 23.3 Å². The lowest BCUT2D eigenvalue weighted by Crippen LogP contribution is -2.35. The van der Waals surface area contributed by atoms with Crippen molar-refractivity contribution in [2.45, 2.75) is 20.1 Å². The summed E-state index contributed by atoms with van der Waals surface area (Å²) in [6, 6.07) is 13.8. The highest BCUT2D eigenvalue weighted by molar-refractivity contribution is 7.09. The Morgan fingerprint density at radius 2 is 1.88 bits per heavy atom. The molecule has 32 heavy (non-hydrogen) atoms. The summed E-state index contributed by atoms with van der Waals surface area (Å²) in [5, 5.41) is 2.98. The molecule has 1 aromatic heterocycles. The van der Waals surface area contributed by atoms with Crippen molar-refractivity contribution in [2.75, 3.05) is 27.2 Å². The number of thiazole rings is 1. The van der Waals surface area contributed by atoms with Gasteiger partial charge in [-0.3, -0.25) is 4.79 Å². The Morgan fingerprint density at radius 3 is 2.56 bits per heavy atom. The third-order valence-corrected chi connectivity index (χ3v) is 5.60. The van der Waals surface area contributed by atoms with Gasteiger partial charge in [0.1, 0.15) is 18.2 Å². The van der Waals surface area contributed by atoms with E-state index in [1.807, 2.05) is 55.6 Å². The zero-order chi connectivity index (χ0) is 22.9. The van der Waals surface area contributed by atoms with Crippen LogP contribution in [0.25, 0.3) is 6.08 Å².